The highest BCUT2D eigenvalue weighted by molar-refractivity contribution is 8.00. The fraction of sp³-hybridized carbons (Fsp3) is 0.176. The molecule has 0 radical (unpaired) electrons. The summed E-state index contributed by atoms with van der Waals surface area (Å²) in [4.78, 5) is 27.6. The number of hydrogen-bond donors (Lipinski definition) is 0. The van der Waals surface area contributed by atoms with Gasteiger partial charge in [0, 0.05) is 28.5 Å². The molecule has 0 fully saturated rings. The summed E-state index contributed by atoms with van der Waals surface area (Å²) in [6.07, 6.45) is 0. The Morgan fingerprint density at radius 1 is 1.24 bits per heavy atom. The number of benzene rings is 2. The average Bonchev–Trinajstić information content (AvgIpc) is 3.03. The first-order valence-corrected chi connectivity index (χ1v) is 9.62. The molecule has 0 unspecified atom stereocenters. The maximum atomic E-state index is 12.1. The smallest absolute Gasteiger partial charge is 0.281 e. The molecule has 0 amide bonds. The van der Waals surface area contributed by atoms with Gasteiger partial charge in [0.25, 0.3) is 11.2 Å². The number of non-ortho nitro benzene ring substituents is 1. The van der Waals surface area contributed by atoms with E-state index in [-0.39, 0.29) is 17.3 Å². The van der Waals surface area contributed by atoms with Gasteiger partial charge >= 0.3 is 0 Å². The standard InChI is InChI=1S/C17H13N3O3S2/c21-16-14-3-1-2-4-15(14)19-12(10-25-17(19)18-16)9-24-13-7-5-11(6-8-13)20(22)23/h1-8,12H,9-10H2/t12-/m1/s1. The maximum Gasteiger partial charge on any atom is 0.281 e. The van der Waals surface area contributed by atoms with Gasteiger partial charge in [-0.05, 0) is 24.3 Å². The quantitative estimate of drug-likeness (QED) is 0.301. The summed E-state index contributed by atoms with van der Waals surface area (Å²) in [6.45, 7) is 0. The van der Waals surface area contributed by atoms with Crippen molar-refractivity contribution in [1.29, 1.82) is 0 Å². The minimum Gasteiger partial charge on any atom is -0.315 e. The molecule has 1 atom stereocenters. The summed E-state index contributed by atoms with van der Waals surface area (Å²) >= 11 is 3.25. The van der Waals surface area contributed by atoms with E-state index in [1.165, 1.54) is 12.1 Å². The van der Waals surface area contributed by atoms with Crippen molar-refractivity contribution in [1.82, 2.24) is 9.55 Å². The van der Waals surface area contributed by atoms with Crippen LogP contribution in [-0.4, -0.2) is 26.0 Å². The van der Waals surface area contributed by atoms with E-state index in [4.69, 9.17) is 0 Å². The molecule has 1 aliphatic heterocycles. The van der Waals surface area contributed by atoms with E-state index < -0.39 is 4.92 Å². The Balaban J connectivity index is 1.60. The highest BCUT2D eigenvalue weighted by Gasteiger charge is 2.26. The third-order valence-electron chi connectivity index (χ3n) is 4.06. The molecule has 25 heavy (non-hydrogen) atoms. The molecule has 8 heteroatoms. The predicted molar refractivity (Wildman–Crippen MR) is 99.6 cm³/mol. The van der Waals surface area contributed by atoms with Crippen LogP contribution in [0.4, 0.5) is 5.69 Å². The number of nitrogens with zero attached hydrogens (tertiary/aromatic N) is 3. The minimum absolute atomic E-state index is 0.0960. The zero-order valence-electron chi connectivity index (χ0n) is 13.0. The first kappa shape index (κ1) is 16.2. The molecule has 0 spiro atoms. The molecule has 2 aromatic carbocycles. The van der Waals surface area contributed by atoms with Crippen molar-refractivity contribution in [2.24, 2.45) is 0 Å². The Hall–Kier alpha value is -2.32. The zero-order chi connectivity index (χ0) is 17.4. The number of nitro benzene ring substituents is 1. The topological polar surface area (TPSA) is 78.0 Å². The van der Waals surface area contributed by atoms with Crippen molar-refractivity contribution < 1.29 is 4.92 Å². The van der Waals surface area contributed by atoms with Crippen LogP contribution in [0.2, 0.25) is 0 Å². The van der Waals surface area contributed by atoms with Gasteiger partial charge in [-0.15, -0.1) is 11.8 Å². The molecule has 0 bridgehead atoms. The SMILES string of the molecule is O=c1nc2n(c3ccccc13)[C@H](CSc1ccc([N+](=O)[O-])cc1)CS2. The maximum absolute atomic E-state index is 12.1. The van der Waals surface area contributed by atoms with E-state index in [9.17, 15) is 14.9 Å². The summed E-state index contributed by atoms with van der Waals surface area (Å²) < 4.78 is 2.14. The molecule has 1 aliphatic rings. The highest BCUT2D eigenvalue weighted by atomic mass is 32.2. The second-order valence-corrected chi connectivity index (χ2v) is 7.69. The lowest BCUT2D eigenvalue weighted by Crippen LogP contribution is -2.17. The van der Waals surface area contributed by atoms with Crippen LogP contribution >= 0.6 is 23.5 Å². The second kappa shape index (κ2) is 6.53. The monoisotopic (exact) mass is 371 g/mol. The van der Waals surface area contributed by atoms with Crippen LogP contribution in [0.5, 0.6) is 0 Å². The molecule has 1 aromatic heterocycles. The Morgan fingerprint density at radius 2 is 2.00 bits per heavy atom. The van der Waals surface area contributed by atoms with Gasteiger partial charge in [-0.1, -0.05) is 23.9 Å². The van der Waals surface area contributed by atoms with Crippen LogP contribution in [0.25, 0.3) is 10.9 Å². The molecular formula is C17H13N3O3S2. The molecule has 6 nitrogen and oxygen atoms in total. The summed E-state index contributed by atoms with van der Waals surface area (Å²) in [5, 5.41) is 12.1. The zero-order valence-corrected chi connectivity index (χ0v) is 14.6. The molecular weight excluding hydrogens is 358 g/mol. The van der Waals surface area contributed by atoms with Crippen LogP contribution < -0.4 is 5.56 Å². The Bertz CT molecular complexity index is 1020. The molecule has 0 saturated heterocycles. The molecule has 0 aliphatic carbocycles. The number of para-hydroxylation sites is 1. The van der Waals surface area contributed by atoms with E-state index in [2.05, 4.69) is 9.55 Å². The predicted octanol–water partition coefficient (Wildman–Crippen LogP) is 3.74. The third kappa shape index (κ3) is 3.03. The summed E-state index contributed by atoms with van der Waals surface area (Å²) in [5.41, 5.74) is 0.827. The molecule has 0 saturated carbocycles. The lowest BCUT2D eigenvalue weighted by Gasteiger charge is -2.16. The van der Waals surface area contributed by atoms with Gasteiger partial charge in [-0.2, -0.15) is 4.98 Å². The Kier molecular flexibility index (Phi) is 4.22. The highest BCUT2D eigenvalue weighted by Crippen LogP contribution is 2.37. The fourth-order valence-electron chi connectivity index (χ4n) is 2.85. The number of fused-ring (bicyclic) bond motifs is 3. The van der Waals surface area contributed by atoms with E-state index in [0.29, 0.717) is 5.39 Å². The summed E-state index contributed by atoms with van der Waals surface area (Å²) in [7, 11) is 0. The number of nitro groups is 1. The van der Waals surface area contributed by atoms with Crippen molar-refractivity contribution in [3.05, 3.63) is 69.0 Å². The van der Waals surface area contributed by atoms with Crippen LogP contribution in [0, 0.1) is 10.1 Å². The van der Waals surface area contributed by atoms with Crippen LogP contribution in [0.1, 0.15) is 6.04 Å². The van der Waals surface area contributed by atoms with E-state index >= 15 is 0 Å². The lowest BCUT2D eigenvalue weighted by molar-refractivity contribution is -0.384. The first-order valence-electron chi connectivity index (χ1n) is 7.65. The Morgan fingerprint density at radius 3 is 2.76 bits per heavy atom. The van der Waals surface area contributed by atoms with Crippen LogP contribution in [0.15, 0.2) is 63.4 Å². The Labute approximate surface area is 151 Å². The first-order chi connectivity index (χ1) is 12.1. The number of aromatic nitrogens is 2. The van der Waals surface area contributed by atoms with E-state index in [1.807, 2.05) is 24.3 Å². The normalized spacial score (nSPS) is 16.1. The van der Waals surface area contributed by atoms with E-state index in [0.717, 1.165) is 27.1 Å². The van der Waals surface area contributed by atoms with Gasteiger partial charge in [-0.25, -0.2) is 0 Å². The fourth-order valence-corrected chi connectivity index (χ4v) is 5.12. The third-order valence-corrected chi connectivity index (χ3v) is 6.31. The summed E-state index contributed by atoms with van der Waals surface area (Å²) in [5.74, 6) is 1.67. The van der Waals surface area contributed by atoms with Crippen molar-refractivity contribution in [3.63, 3.8) is 0 Å². The molecule has 126 valence electrons. The van der Waals surface area contributed by atoms with Gasteiger partial charge in [0.2, 0.25) is 0 Å². The van der Waals surface area contributed by atoms with Crippen molar-refractivity contribution in [3.8, 4) is 0 Å². The average molecular weight is 371 g/mol. The van der Waals surface area contributed by atoms with Gasteiger partial charge in [0.15, 0.2) is 5.16 Å². The number of hydrogen-bond acceptors (Lipinski definition) is 6. The van der Waals surface area contributed by atoms with Crippen molar-refractivity contribution in [2.75, 3.05) is 11.5 Å². The van der Waals surface area contributed by atoms with Crippen molar-refractivity contribution >= 4 is 40.1 Å². The molecule has 3 aromatic rings. The van der Waals surface area contributed by atoms with Gasteiger partial charge in [0.05, 0.1) is 21.9 Å². The van der Waals surface area contributed by atoms with Gasteiger partial charge in [0.1, 0.15) is 0 Å². The van der Waals surface area contributed by atoms with Crippen LogP contribution in [-0.2, 0) is 0 Å². The number of thioether (sulfide) groups is 2. The largest absolute Gasteiger partial charge is 0.315 e. The van der Waals surface area contributed by atoms with Gasteiger partial charge < -0.3 is 4.57 Å². The summed E-state index contributed by atoms with van der Waals surface area (Å²) in [6, 6.07) is 14.3. The van der Waals surface area contributed by atoms with Crippen molar-refractivity contribution in [2.45, 2.75) is 16.1 Å². The molecule has 0 N–H and O–H groups in total. The molecule has 4 rings (SSSR count). The lowest BCUT2D eigenvalue weighted by atomic mass is 10.2. The number of rotatable bonds is 4. The van der Waals surface area contributed by atoms with Crippen LogP contribution in [0.3, 0.4) is 0 Å². The minimum atomic E-state index is -0.396. The second-order valence-electron chi connectivity index (χ2n) is 5.61. The molecule has 2 heterocycles. The van der Waals surface area contributed by atoms with E-state index in [1.54, 1.807) is 35.7 Å². The van der Waals surface area contributed by atoms with Gasteiger partial charge in [-0.3, -0.25) is 14.9 Å².